The zero-order chi connectivity index (χ0) is 21.1. The zero-order valence-electron chi connectivity index (χ0n) is 15.8. The van der Waals surface area contributed by atoms with E-state index in [4.69, 9.17) is 23.2 Å². The Kier molecular flexibility index (Phi) is 6.20. The second kappa shape index (κ2) is 8.63. The molecule has 3 aromatic rings. The lowest BCUT2D eigenvalue weighted by Gasteiger charge is -2.11. The van der Waals surface area contributed by atoms with E-state index in [-0.39, 0.29) is 33.0 Å². The normalized spacial score (nSPS) is 10.8. The van der Waals surface area contributed by atoms with Crippen molar-refractivity contribution in [2.24, 2.45) is 0 Å². The Labute approximate surface area is 177 Å². The number of hydrogen-bond donors (Lipinski definition) is 2. The molecule has 0 fully saturated rings. The number of benzene rings is 1. The lowest BCUT2D eigenvalue weighted by atomic mass is 10.1. The van der Waals surface area contributed by atoms with E-state index in [1.807, 2.05) is 0 Å². The molecule has 0 aliphatic heterocycles. The Morgan fingerprint density at radius 2 is 1.79 bits per heavy atom. The van der Waals surface area contributed by atoms with Crippen LogP contribution in [-0.2, 0) is 4.79 Å². The second-order valence-electron chi connectivity index (χ2n) is 6.16. The van der Waals surface area contributed by atoms with E-state index in [9.17, 15) is 14.4 Å². The van der Waals surface area contributed by atoms with Gasteiger partial charge in [0.2, 0.25) is 5.91 Å². The predicted molar refractivity (Wildman–Crippen MR) is 113 cm³/mol. The molecule has 1 aromatic carbocycles. The molecule has 0 unspecified atom stereocenters. The van der Waals surface area contributed by atoms with Gasteiger partial charge in [0.25, 0.3) is 11.8 Å². The summed E-state index contributed by atoms with van der Waals surface area (Å²) in [7, 11) is 0. The van der Waals surface area contributed by atoms with Crippen LogP contribution in [0.4, 0.5) is 5.82 Å². The molecule has 0 aliphatic carbocycles. The molecule has 2 heterocycles. The van der Waals surface area contributed by atoms with E-state index >= 15 is 0 Å². The third kappa shape index (κ3) is 4.11. The van der Waals surface area contributed by atoms with E-state index in [0.717, 1.165) is 0 Å². The summed E-state index contributed by atoms with van der Waals surface area (Å²) >= 11 is 12.6. The lowest BCUT2D eigenvalue weighted by molar-refractivity contribution is -0.115. The Morgan fingerprint density at radius 3 is 2.41 bits per heavy atom. The van der Waals surface area contributed by atoms with Gasteiger partial charge in [0.1, 0.15) is 5.82 Å². The second-order valence-corrected chi connectivity index (χ2v) is 6.97. The quantitative estimate of drug-likeness (QED) is 0.633. The Balaban J connectivity index is 2.03. The van der Waals surface area contributed by atoms with Gasteiger partial charge in [-0.1, -0.05) is 30.1 Å². The van der Waals surface area contributed by atoms with Gasteiger partial charge in [0.05, 0.1) is 21.1 Å². The van der Waals surface area contributed by atoms with Crippen LogP contribution >= 0.6 is 23.2 Å². The number of nitrogens with zero attached hydrogens (tertiary/aromatic N) is 2. The number of rotatable bonds is 5. The molecule has 2 aromatic heterocycles. The van der Waals surface area contributed by atoms with Crippen LogP contribution in [0.5, 0.6) is 0 Å². The van der Waals surface area contributed by atoms with Crippen LogP contribution in [0.2, 0.25) is 10.0 Å². The number of aromatic nitrogens is 2. The minimum Gasteiger partial charge on any atom is -0.352 e. The van der Waals surface area contributed by atoms with E-state index in [1.54, 1.807) is 32.2 Å². The van der Waals surface area contributed by atoms with Crippen LogP contribution in [0.3, 0.4) is 0 Å². The topological polar surface area (TPSA) is 93.1 Å². The monoisotopic (exact) mass is 432 g/mol. The average Bonchev–Trinajstić information content (AvgIpc) is 3.12. The molecule has 150 valence electrons. The number of carbonyl (C=O) groups is 3. The summed E-state index contributed by atoms with van der Waals surface area (Å²) in [5, 5.41) is 6.11. The summed E-state index contributed by atoms with van der Waals surface area (Å²) in [5.41, 5.74) is 0.885. The lowest BCUT2D eigenvalue weighted by Crippen LogP contribution is -2.23. The Bertz CT molecular complexity index is 1100. The molecule has 7 nitrogen and oxygen atoms in total. The first-order chi connectivity index (χ1) is 13.9. The van der Waals surface area contributed by atoms with Crippen LogP contribution < -0.4 is 10.6 Å². The third-order valence-corrected chi connectivity index (χ3v) is 4.87. The maximum absolute atomic E-state index is 13.1. The molecule has 0 atom stereocenters. The molecule has 0 spiro atoms. The number of pyridine rings is 1. The van der Waals surface area contributed by atoms with Crippen molar-refractivity contribution < 1.29 is 14.4 Å². The Hall–Kier alpha value is -2.90. The van der Waals surface area contributed by atoms with Crippen molar-refractivity contribution in [1.29, 1.82) is 0 Å². The van der Waals surface area contributed by atoms with Crippen molar-refractivity contribution in [3.05, 3.63) is 57.8 Å². The van der Waals surface area contributed by atoms with Crippen molar-refractivity contribution in [2.45, 2.75) is 20.3 Å². The maximum atomic E-state index is 13.1. The van der Waals surface area contributed by atoms with E-state index in [2.05, 4.69) is 15.6 Å². The Morgan fingerprint density at radius 1 is 1.10 bits per heavy atom. The molecular weight excluding hydrogens is 415 g/mol. The molecule has 0 aliphatic rings. The first-order valence-corrected chi connectivity index (χ1v) is 9.70. The number of carbonyl (C=O) groups excluding carboxylic acids is 3. The largest absolute Gasteiger partial charge is 0.352 e. The first-order valence-electron chi connectivity index (χ1n) is 8.95. The fourth-order valence-electron chi connectivity index (χ4n) is 2.86. The number of hydrogen-bond acceptors (Lipinski definition) is 4. The smallest absolute Gasteiger partial charge is 0.265 e. The molecular formula is C20H18Cl2N4O3. The summed E-state index contributed by atoms with van der Waals surface area (Å²) < 4.78 is 1.37. The van der Waals surface area contributed by atoms with Crippen molar-refractivity contribution >= 4 is 57.6 Å². The molecule has 0 saturated heterocycles. The van der Waals surface area contributed by atoms with Gasteiger partial charge in [0, 0.05) is 36.3 Å². The van der Waals surface area contributed by atoms with Gasteiger partial charge in [-0.25, -0.2) is 4.98 Å². The molecule has 0 radical (unpaired) electrons. The zero-order valence-corrected chi connectivity index (χ0v) is 17.3. The van der Waals surface area contributed by atoms with Gasteiger partial charge < -0.3 is 10.6 Å². The number of nitrogens with one attached hydrogen (secondary N) is 2. The fourth-order valence-corrected chi connectivity index (χ4v) is 3.50. The van der Waals surface area contributed by atoms with Gasteiger partial charge in [-0.05, 0) is 31.2 Å². The number of anilines is 1. The molecule has 2 N–H and O–H groups in total. The average molecular weight is 433 g/mol. The van der Waals surface area contributed by atoms with Crippen molar-refractivity contribution in [2.75, 3.05) is 11.9 Å². The fraction of sp³-hybridized carbons (Fsp3) is 0.200. The number of halogens is 2. The number of amides is 2. The molecule has 3 rings (SSSR count). The molecule has 9 heteroatoms. The third-order valence-electron chi connectivity index (χ3n) is 4.27. The minimum atomic E-state index is -0.462. The molecule has 0 saturated carbocycles. The van der Waals surface area contributed by atoms with Gasteiger partial charge in [0.15, 0.2) is 0 Å². The van der Waals surface area contributed by atoms with E-state index in [0.29, 0.717) is 29.7 Å². The van der Waals surface area contributed by atoms with Gasteiger partial charge in [-0.15, -0.1) is 0 Å². The van der Waals surface area contributed by atoms with E-state index < -0.39 is 5.91 Å². The highest BCUT2D eigenvalue weighted by atomic mass is 35.5. The van der Waals surface area contributed by atoms with Crippen LogP contribution in [0.15, 0.2) is 36.7 Å². The number of fused-ring (bicyclic) bond motifs is 1. The van der Waals surface area contributed by atoms with Crippen LogP contribution in [-0.4, -0.2) is 33.8 Å². The van der Waals surface area contributed by atoms with Crippen molar-refractivity contribution in [1.82, 2.24) is 14.9 Å². The van der Waals surface area contributed by atoms with Crippen molar-refractivity contribution in [3.8, 4) is 0 Å². The standard InChI is InChI=1S/C20H18Cl2N4O3/c1-3-16(27)25-18-12-6-8-26(15(12)5-7-24-18)20(29)17-13(21)9-11(10-14(17)22)19(28)23-4-2/h5-10H,3-4H2,1-2H3,(H,23,28)(H,24,25,27). The first kappa shape index (κ1) is 20.8. The summed E-state index contributed by atoms with van der Waals surface area (Å²) in [6.45, 7) is 3.98. The molecule has 29 heavy (non-hydrogen) atoms. The molecule has 2 amide bonds. The van der Waals surface area contributed by atoms with Crippen molar-refractivity contribution in [3.63, 3.8) is 0 Å². The van der Waals surface area contributed by atoms with Crippen LogP contribution in [0.1, 0.15) is 41.0 Å². The summed E-state index contributed by atoms with van der Waals surface area (Å²) in [6, 6.07) is 6.15. The van der Waals surface area contributed by atoms with Gasteiger partial charge in [-0.2, -0.15) is 0 Å². The maximum Gasteiger partial charge on any atom is 0.265 e. The van der Waals surface area contributed by atoms with Crippen LogP contribution in [0.25, 0.3) is 10.9 Å². The highest BCUT2D eigenvalue weighted by Crippen LogP contribution is 2.30. The molecule has 0 bridgehead atoms. The van der Waals surface area contributed by atoms with Gasteiger partial charge in [-0.3, -0.25) is 19.0 Å². The summed E-state index contributed by atoms with van der Waals surface area (Å²) in [6.07, 6.45) is 3.36. The highest BCUT2D eigenvalue weighted by Gasteiger charge is 2.21. The highest BCUT2D eigenvalue weighted by molar-refractivity contribution is 6.40. The van der Waals surface area contributed by atoms with Gasteiger partial charge >= 0.3 is 0 Å². The van der Waals surface area contributed by atoms with E-state index in [1.165, 1.54) is 22.9 Å². The van der Waals surface area contributed by atoms with Crippen LogP contribution in [0, 0.1) is 0 Å². The summed E-state index contributed by atoms with van der Waals surface area (Å²) in [4.78, 5) is 41.1. The minimum absolute atomic E-state index is 0.0687. The summed E-state index contributed by atoms with van der Waals surface area (Å²) in [5.74, 6) is -0.610. The SMILES string of the molecule is CCNC(=O)c1cc(Cl)c(C(=O)n2ccc3c(NC(=O)CC)nccc32)c(Cl)c1. The predicted octanol–water partition coefficient (Wildman–Crippen LogP) is 4.13.